The van der Waals surface area contributed by atoms with E-state index in [0.717, 1.165) is 54.3 Å². The second-order valence-corrected chi connectivity index (χ2v) is 9.07. The van der Waals surface area contributed by atoms with Gasteiger partial charge in [-0.3, -0.25) is 9.59 Å². The van der Waals surface area contributed by atoms with Gasteiger partial charge < -0.3 is 15.1 Å². The summed E-state index contributed by atoms with van der Waals surface area (Å²) in [5.74, 6) is 1.99. The third-order valence-electron chi connectivity index (χ3n) is 6.83. The maximum atomic E-state index is 13.0. The molecule has 7 nitrogen and oxygen atoms in total. The summed E-state index contributed by atoms with van der Waals surface area (Å²) in [6.45, 7) is 8.46. The SMILES string of the molecule is CNc1nc(C2CCCN(C(=O)Cc3ccc(C)c(C)c3)C2)nc2c1CN(C(C)=O)CC2. The molecule has 1 aromatic carbocycles. The maximum absolute atomic E-state index is 13.0. The molecule has 32 heavy (non-hydrogen) atoms. The van der Waals surface area contributed by atoms with Crippen LogP contribution in [0.5, 0.6) is 0 Å². The number of carbonyl (C=O) groups is 2. The Morgan fingerprint density at radius 3 is 2.66 bits per heavy atom. The maximum Gasteiger partial charge on any atom is 0.227 e. The molecule has 0 bridgehead atoms. The Balaban J connectivity index is 1.50. The zero-order valence-electron chi connectivity index (χ0n) is 19.6. The molecule has 1 aromatic heterocycles. The van der Waals surface area contributed by atoms with Gasteiger partial charge in [0.2, 0.25) is 11.8 Å². The summed E-state index contributed by atoms with van der Waals surface area (Å²) in [6.07, 6.45) is 3.11. The van der Waals surface area contributed by atoms with Crippen LogP contribution in [0.25, 0.3) is 0 Å². The molecule has 4 rings (SSSR count). The number of hydrogen-bond donors (Lipinski definition) is 1. The molecule has 7 heteroatoms. The van der Waals surface area contributed by atoms with E-state index in [9.17, 15) is 9.59 Å². The van der Waals surface area contributed by atoms with E-state index < -0.39 is 0 Å². The Labute approximate surface area is 190 Å². The summed E-state index contributed by atoms with van der Waals surface area (Å²) in [5.41, 5.74) is 5.57. The van der Waals surface area contributed by atoms with Gasteiger partial charge in [0, 0.05) is 51.5 Å². The zero-order valence-corrected chi connectivity index (χ0v) is 19.6. The van der Waals surface area contributed by atoms with E-state index in [0.29, 0.717) is 26.1 Å². The van der Waals surface area contributed by atoms with Gasteiger partial charge in [-0.1, -0.05) is 18.2 Å². The summed E-state index contributed by atoms with van der Waals surface area (Å²) < 4.78 is 0. The van der Waals surface area contributed by atoms with Crippen LogP contribution in [0.1, 0.15) is 59.5 Å². The summed E-state index contributed by atoms with van der Waals surface area (Å²) in [5, 5.41) is 3.20. The van der Waals surface area contributed by atoms with Crippen molar-refractivity contribution in [1.29, 1.82) is 0 Å². The van der Waals surface area contributed by atoms with Crippen LogP contribution >= 0.6 is 0 Å². The fraction of sp³-hybridized carbons (Fsp3) is 0.520. The van der Waals surface area contributed by atoms with Crippen LogP contribution in [-0.4, -0.2) is 58.3 Å². The lowest BCUT2D eigenvalue weighted by Gasteiger charge is -2.33. The second-order valence-electron chi connectivity index (χ2n) is 9.07. The number of hydrogen-bond acceptors (Lipinski definition) is 5. The molecular formula is C25H33N5O2. The average Bonchev–Trinajstić information content (AvgIpc) is 2.80. The molecule has 0 saturated carbocycles. The van der Waals surface area contributed by atoms with Gasteiger partial charge in [0.15, 0.2) is 0 Å². The summed E-state index contributed by atoms with van der Waals surface area (Å²) in [7, 11) is 1.86. The van der Waals surface area contributed by atoms with Crippen molar-refractivity contribution in [1.82, 2.24) is 19.8 Å². The highest BCUT2D eigenvalue weighted by Gasteiger charge is 2.29. The number of piperidine rings is 1. The molecule has 2 amide bonds. The van der Waals surface area contributed by atoms with Crippen LogP contribution in [0.15, 0.2) is 18.2 Å². The average molecular weight is 436 g/mol. The number of benzene rings is 1. The number of aryl methyl sites for hydroxylation is 2. The Kier molecular flexibility index (Phi) is 6.44. The van der Waals surface area contributed by atoms with Crippen molar-refractivity contribution in [3.63, 3.8) is 0 Å². The Morgan fingerprint density at radius 1 is 1.12 bits per heavy atom. The molecular weight excluding hydrogens is 402 g/mol. The van der Waals surface area contributed by atoms with E-state index in [1.165, 1.54) is 11.1 Å². The highest BCUT2D eigenvalue weighted by Crippen LogP contribution is 2.30. The van der Waals surface area contributed by atoms with Crippen molar-refractivity contribution in [3.8, 4) is 0 Å². The van der Waals surface area contributed by atoms with Crippen molar-refractivity contribution in [2.45, 2.75) is 58.9 Å². The fourth-order valence-electron chi connectivity index (χ4n) is 4.71. The standard InChI is InChI=1S/C25H33N5O2/c1-16-7-8-19(12-17(16)2)13-23(32)30-10-5-6-20(14-30)24-27-22-9-11-29(18(3)31)15-21(22)25(26-4)28-24/h7-8,12,20H,5-6,9-11,13-15H2,1-4H3,(H,26,27,28). The molecule has 1 N–H and O–H groups in total. The first-order valence-corrected chi connectivity index (χ1v) is 11.5. The Hall–Kier alpha value is -2.96. The van der Waals surface area contributed by atoms with E-state index in [1.807, 2.05) is 16.8 Å². The van der Waals surface area contributed by atoms with Gasteiger partial charge in [-0.15, -0.1) is 0 Å². The molecule has 2 aliphatic heterocycles. The van der Waals surface area contributed by atoms with Crippen LogP contribution < -0.4 is 5.32 Å². The number of rotatable bonds is 4. The minimum atomic E-state index is 0.0759. The molecule has 2 aliphatic rings. The van der Waals surface area contributed by atoms with Gasteiger partial charge in [0.05, 0.1) is 18.7 Å². The number of nitrogens with one attached hydrogen (secondary N) is 1. The number of carbonyl (C=O) groups excluding carboxylic acids is 2. The van der Waals surface area contributed by atoms with Crippen molar-refractivity contribution < 1.29 is 9.59 Å². The Morgan fingerprint density at radius 2 is 1.94 bits per heavy atom. The molecule has 1 unspecified atom stereocenters. The van der Waals surface area contributed by atoms with E-state index in [4.69, 9.17) is 9.97 Å². The third-order valence-corrected chi connectivity index (χ3v) is 6.83. The fourth-order valence-corrected chi connectivity index (χ4v) is 4.71. The van der Waals surface area contributed by atoms with Gasteiger partial charge >= 0.3 is 0 Å². The van der Waals surface area contributed by atoms with Crippen LogP contribution in [-0.2, 0) is 29.0 Å². The van der Waals surface area contributed by atoms with Gasteiger partial charge in [0.25, 0.3) is 0 Å². The second kappa shape index (κ2) is 9.27. The highest BCUT2D eigenvalue weighted by atomic mass is 16.2. The topological polar surface area (TPSA) is 78.4 Å². The lowest BCUT2D eigenvalue weighted by atomic mass is 9.95. The lowest BCUT2D eigenvalue weighted by molar-refractivity contribution is -0.131. The number of aromatic nitrogens is 2. The zero-order chi connectivity index (χ0) is 22.8. The van der Waals surface area contributed by atoms with E-state index in [-0.39, 0.29) is 17.7 Å². The molecule has 0 radical (unpaired) electrons. The van der Waals surface area contributed by atoms with Crippen molar-refractivity contribution >= 4 is 17.6 Å². The number of nitrogens with zero attached hydrogens (tertiary/aromatic N) is 4. The molecule has 0 aliphatic carbocycles. The number of fused-ring (bicyclic) bond motifs is 1. The predicted octanol–water partition coefficient (Wildman–Crippen LogP) is 2.99. The van der Waals surface area contributed by atoms with Gasteiger partial charge in [-0.05, 0) is 43.4 Å². The van der Waals surface area contributed by atoms with Crippen LogP contribution in [0.2, 0.25) is 0 Å². The predicted molar refractivity (Wildman–Crippen MR) is 125 cm³/mol. The molecule has 3 heterocycles. The van der Waals surface area contributed by atoms with Gasteiger partial charge in [-0.25, -0.2) is 9.97 Å². The largest absolute Gasteiger partial charge is 0.373 e. The summed E-state index contributed by atoms with van der Waals surface area (Å²) in [6, 6.07) is 6.26. The minimum absolute atomic E-state index is 0.0759. The van der Waals surface area contributed by atoms with Crippen LogP contribution in [0.4, 0.5) is 5.82 Å². The van der Waals surface area contributed by atoms with Gasteiger partial charge in [-0.2, -0.15) is 0 Å². The molecule has 0 spiro atoms. The summed E-state index contributed by atoms with van der Waals surface area (Å²) >= 11 is 0. The van der Waals surface area contributed by atoms with E-state index in [2.05, 4.69) is 37.4 Å². The van der Waals surface area contributed by atoms with E-state index in [1.54, 1.807) is 6.92 Å². The van der Waals surface area contributed by atoms with E-state index >= 15 is 0 Å². The summed E-state index contributed by atoms with van der Waals surface area (Å²) in [4.78, 5) is 38.4. The quantitative estimate of drug-likeness (QED) is 0.799. The van der Waals surface area contributed by atoms with Crippen molar-refractivity contribution in [2.24, 2.45) is 0 Å². The first-order valence-electron chi connectivity index (χ1n) is 11.5. The Bertz CT molecular complexity index is 1020. The van der Waals surface area contributed by atoms with Crippen LogP contribution in [0.3, 0.4) is 0 Å². The monoisotopic (exact) mass is 435 g/mol. The normalized spacial score (nSPS) is 18.3. The highest BCUT2D eigenvalue weighted by molar-refractivity contribution is 5.79. The smallest absolute Gasteiger partial charge is 0.227 e. The third kappa shape index (κ3) is 4.61. The van der Waals surface area contributed by atoms with Crippen molar-refractivity contribution in [3.05, 3.63) is 52.0 Å². The molecule has 170 valence electrons. The number of amides is 2. The molecule has 1 saturated heterocycles. The van der Waals surface area contributed by atoms with Gasteiger partial charge in [0.1, 0.15) is 11.6 Å². The minimum Gasteiger partial charge on any atom is -0.373 e. The lowest BCUT2D eigenvalue weighted by Crippen LogP contribution is -2.41. The number of anilines is 1. The van der Waals surface area contributed by atoms with Crippen molar-refractivity contribution in [2.75, 3.05) is 32.0 Å². The van der Waals surface area contributed by atoms with Crippen LogP contribution in [0, 0.1) is 13.8 Å². The first-order chi connectivity index (χ1) is 15.4. The molecule has 2 aromatic rings. The first kappa shape index (κ1) is 22.2. The molecule has 1 fully saturated rings. The number of likely N-dealkylation sites (tertiary alicyclic amines) is 1. The molecule has 1 atom stereocenters.